The van der Waals surface area contributed by atoms with Gasteiger partial charge in [-0.2, -0.15) is 0 Å². The van der Waals surface area contributed by atoms with E-state index in [1.165, 1.54) is 12.8 Å². The molecule has 1 N–H and O–H groups in total. The van der Waals surface area contributed by atoms with E-state index in [0.29, 0.717) is 24.4 Å². The number of rotatable bonds is 2. The lowest BCUT2D eigenvalue weighted by Gasteiger charge is -2.41. The zero-order valence-electron chi connectivity index (χ0n) is 13.2. The second kappa shape index (κ2) is 5.74. The number of hydrogen-bond donors (Lipinski definition) is 1. The van der Waals surface area contributed by atoms with Gasteiger partial charge in [-0.05, 0) is 30.6 Å². The first-order chi connectivity index (χ1) is 9.30. The summed E-state index contributed by atoms with van der Waals surface area (Å²) in [6, 6.07) is -0.0461. The molecule has 4 nitrogen and oxygen atoms in total. The minimum Gasteiger partial charge on any atom is -0.344 e. The van der Waals surface area contributed by atoms with Crippen LogP contribution < -0.4 is 5.32 Å². The lowest BCUT2D eigenvalue weighted by Crippen LogP contribution is -2.52. The fourth-order valence-corrected chi connectivity index (χ4v) is 3.56. The summed E-state index contributed by atoms with van der Waals surface area (Å²) in [5.41, 5.74) is 0.306. The Morgan fingerprint density at radius 1 is 1.30 bits per heavy atom. The zero-order valence-corrected chi connectivity index (χ0v) is 13.2. The van der Waals surface area contributed by atoms with Crippen molar-refractivity contribution in [1.29, 1.82) is 0 Å². The smallest absolute Gasteiger partial charge is 0.245 e. The van der Waals surface area contributed by atoms with Gasteiger partial charge in [0.15, 0.2) is 0 Å². The molecule has 1 aliphatic heterocycles. The van der Waals surface area contributed by atoms with E-state index in [1.807, 2.05) is 18.7 Å². The largest absolute Gasteiger partial charge is 0.344 e. The summed E-state index contributed by atoms with van der Waals surface area (Å²) < 4.78 is 0. The van der Waals surface area contributed by atoms with Crippen molar-refractivity contribution in [1.82, 2.24) is 10.2 Å². The Balaban J connectivity index is 2.16. The maximum absolute atomic E-state index is 12.8. The van der Waals surface area contributed by atoms with Crippen molar-refractivity contribution in [3.63, 3.8) is 0 Å². The SMILES string of the molecule is CC(C)C1NC(=O)CCN(C2CCCC(C)(C)C2)C1=O. The monoisotopic (exact) mass is 280 g/mol. The van der Waals surface area contributed by atoms with Gasteiger partial charge < -0.3 is 10.2 Å². The average molecular weight is 280 g/mol. The summed E-state index contributed by atoms with van der Waals surface area (Å²) in [7, 11) is 0. The summed E-state index contributed by atoms with van der Waals surface area (Å²) in [6.07, 6.45) is 4.98. The molecule has 4 heteroatoms. The van der Waals surface area contributed by atoms with Crippen molar-refractivity contribution < 1.29 is 9.59 Å². The molecule has 0 bridgehead atoms. The fraction of sp³-hybridized carbons (Fsp3) is 0.875. The van der Waals surface area contributed by atoms with E-state index in [0.717, 1.165) is 12.8 Å². The van der Waals surface area contributed by atoms with Crippen molar-refractivity contribution in [2.45, 2.75) is 71.9 Å². The number of amides is 2. The summed E-state index contributed by atoms with van der Waals surface area (Å²) in [4.78, 5) is 26.6. The maximum Gasteiger partial charge on any atom is 0.245 e. The molecule has 2 atom stereocenters. The number of nitrogens with zero attached hydrogens (tertiary/aromatic N) is 1. The lowest BCUT2D eigenvalue weighted by atomic mass is 9.74. The van der Waals surface area contributed by atoms with Gasteiger partial charge in [-0.3, -0.25) is 9.59 Å². The number of hydrogen-bond acceptors (Lipinski definition) is 2. The molecule has 0 aromatic heterocycles. The Labute approximate surface area is 122 Å². The first-order valence-electron chi connectivity index (χ1n) is 7.90. The van der Waals surface area contributed by atoms with Crippen LogP contribution in [0, 0.1) is 11.3 Å². The van der Waals surface area contributed by atoms with Crippen LogP contribution in [-0.4, -0.2) is 35.3 Å². The molecular formula is C16H28N2O2. The Bertz CT molecular complexity index is 390. The van der Waals surface area contributed by atoms with Crippen LogP contribution in [0.2, 0.25) is 0 Å². The molecule has 2 rings (SSSR count). The zero-order chi connectivity index (χ0) is 14.9. The molecule has 1 aliphatic carbocycles. The van der Waals surface area contributed by atoms with Crippen LogP contribution in [0.25, 0.3) is 0 Å². The van der Waals surface area contributed by atoms with Crippen LogP contribution in [0.3, 0.4) is 0 Å². The van der Waals surface area contributed by atoms with Gasteiger partial charge in [0, 0.05) is 19.0 Å². The maximum atomic E-state index is 12.8. The van der Waals surface area contributed by atoms with Crippen molar-refractivity contribution in [3.8, 4) is 0 Å². The predicted molar refractivity (Wildman–Crippen MR) is 79.1 cm³/mol. The number of carbonyl (C=O) groups is 2. The van der Waals surface area contributed by atoms with Gasteiger partial charge in [-0.1, -0.05) is 34.1 Å². The third-order valence-electron chi connectivity index (χ3n) is 4.73. The number of carbonyl (C=O) groups excluding carboxylic acids is 2. The van der Waals surface area contributed by atoms with Crippen LogP contribution in [0.15, 0.2) is 0 Å². The van der Waals surface area contributed by atoms with Gasteiger partial charge in [0.2, 0.25) is 11.8 Å². The molecule has 114 valence electrons. The molecule has 2 aliphatic rings. The van der Waals surface area contributed by atoms with Crippen LogP contribution in [0.4, 0.5) is 0 Å². The second-order valence-electron chi connectivity index (χ2n) is 7.49. The Hall–Kier alpha value is -1.06. The van der Waals surface area contributed by atoms with E-state index in [1.54, 1.807) is 0 Å². The number of nitrogens with one attached hydrogen (secondary N) is 1. The summed E-state index contributed by atoms with van der Waals surface area (Å²) >= 11 is 0. The van der Waals surface area contributed by atoms with E-state index >= 15 is 0 Å². The minimum atomic E-state index is -0.352. The first-order valence-corrected chi connectivity index (χ1v) is 7.90. The van der Waals surface area contributed by atoms with Gasteiger partial charge in [0.25, 0.3) is 0 Å². The van der Waals surface area contributed by atoms with Gasteiger partial charge in [-0.25, -0.2) is 0 Å². The topological polar surface area (TPSA) is 49.4 Å². The van der Waals surface area contributed by atoms with E-state index < -0.39 is 0 Å². The highest BCUT2D eigenvalue weighted by Crippen LogP contribution is 2.37. The average Bonchev–Trinajstić information content (AvgIpc) is 2.48. The highest BCUT2D eigenvalue weighted by atomic mass is 16.2. The standard InChI is InChI=1S/C16H28N2O2/c1-11(2)14-15(20)18(9-7-13(19)17-14)12-6-5-8-16(3,4)10-12/h11-12,14H,5-10H2,1-4H3,(H,17,19). The molecule has 1 saturated carbocycles. The molecule has 0 aromatic carbocycles. The van der Waals surface area contributed by atoms with Crippen molar-refractivity contribution >= 4 is 11.8 Å². The Morgan fingerprint density at radius 2 is 2.00 bits per heavy atom. The van der Waals surface area contributed by atoms with Crippen LogP contribution in [0.5, 0.6) is 0 Å². The van der Waals surface area contributed by atoms with Gasteiger partial charge in [0.05, 0.1) is 0 Å². The highest BCUT2D eigenvalue weighted by molar-refractivity contribution is 5.90. The summed E-state index contributed by atoms with van der Waals surface area (Å²) in [6.45, 7) is 9.14. The molecule has 0 radical (unpaired) electrons. The van der Waals surface area contributed by atoms with Crippen LogP contribution in [0.1, 0.15) is 59.8 Å². The fourth-order valence-electron chi connectivity index (χ4n) is 3.56. The van der Waals surface area contributed by atoms with Crippen LogP contribution in [-0.2, 0) is 9.59 Å². The molecular weight excluding hydrogens is 252 g/mol. The van der Waals surface area contributed by atoms with Crippen molar-refractivity contribution in [2.24, 2.45) is 11.3 Å². The lowest BCUT2D eigenvalue weighted by molar-refractivity contribution is -0.138. The summed E-state index contributed by atoms with van der Waals surface area (Å²) in [5.74, 6) is 0.270. The quantitative estimate of drug-likeness (QED) is 0.844. The van der Waals surface area contributed by atoms with E-state index in [2.05, 4.69) is 19.2 Å². The molecule has 2 amide bonds. The summed E-state index contributed by atoms with van der Waals surface area (Å²) in [5, 5.41) is 2.89. The molecule has 0 aromatic rings. The van der Waals surface area contributed by atoms with E-state index in [4.69, 9.17) is 0 Å². The van der Waals surface area contributed by atoms with Gasteiger partial charge in [0.1, 0.15) is 6.04 Å². The Kier molecular flexibility index (Phi) is 4.40. The van der Waals surface area contributed by atoms with Crippen molar-refractivity contribution in [2.75, 3.05) is 6.54 Å². The van der Waals surface area contributed by atoms with Gasteiger partial charge in [-0.15, -0.1) is 0 Å². The molecule has 1 heterocycles. The molecule has 20 heavy (non-hydrogen) atoms. The normalized spacial score (nSPS) is 31.1. The second-order valence-corrected chi connectivity index (χ2v) is 7.49. The molecule has 1 saturated heterocycles. The van der Waals surface area contributed by atoms with Gasteiger partial charge >= 0.3 is 0 Å². The Morgan fingerprint density at radius 3 is 2.60 bits per heavy atom. The van der Waals surface area contributed by atoms with Crippen LogP contribution >= 0.6 is 0 Å². The molecule has 2 unspecified atom stereocenters. The predicted octanol–water partition coefficient (Wildman–Crippen LogP) is 2.33. The molecule has 0 spiro atoms. The van der Waals surface area contributed by atoms with Crippen molar-refractivity contribution in [3.05, 3.63) is 0 Å². The highest BCUT2D eigenvalue weighted by Gasteiger charge is 2.38. The minimum absolute atomic E-state index is 0.00891. The van der Waals surface area contributed by atoms with E-state index in [9.17, 15) is 9.59 Å². The third-order valence-corrected chi connectivity index (χ3v) is 4.73. The van der Waals surface area contributed by atoms with E-state index in [-0.39, 0.29) is 23.8 Å². The molecule has 2 fully saturated rings. The third kappa shape index (κ3) is 3.33. The first kappa shape index (κ1) is 15.3.